The fourth-order valence-corrected chi connectivity index (χ4v) is 2.11. The highest BCUT2D eigenvalue weighted by Crippen LogP contribution is 2.52. The second-order valence-corrected chi connectivity index (χ2v) is 3.49. The molecule has 0 bridgehead atoms. The second-order valence-electron chi connectivity index (χ2n) is 3.49. The minimum absolute atomic E-state index is 0.297. The molecule has 0 aromatic carbocycles. The molecule has 0 amide bonds. The zero-order valence-corrected chi connectivity index (χ0v) is 7.03. The summed E-state index contributed by atoms with van der Waals surface area (Å²) in [6, 6.07) is -0.436. The summed E-state index contributed by atoms with van der Waals surface area (Å²) in [5, 5.41) is 0. The number of fused-ring (bicyclic) bond motifs is 1. The predicted molar refractivity (Wildman–Crippen MR) is 41.3 cm³/mol. The van der Waals surface area contributed by atoms with Crippen molar-refractivity contribution < 1.29 is 14.3 Å². The van der Waals surface area contributed by atoms with E-state index in [2.05, 4.69) is 4.74 Å². The van der Waals surface area contributed by atoms with Gasteiger partial charge in [-0.15, -0.1) is 0 Å². The van der Waals surface area contributed by atoms with Gasteiger partial charge in [0.15, 0.2) is 0 Å². The first kappa shape index (κ1) is 8.01. The van der Waals surface area contributed by atoms with Gasteiger partial charge >= 0.3 is 5.97 Å². The topological polar surface area (TPSA) is 61.5 Å². The Balaban J connectivity index is 1.91. The lowest BCUT2D eigenvalue weighted by Gasteiger charge is -2.10. The Kier molecular flexibility index (Phi) is 1.81. The first-order valence-electron chi connectivity index (χ1n) is 4.17. The number of rotatable bonds is 2. The zero-order valence-electron chi connectivity index (χ0n) is 7.03. The van der Waals surface area contributed by atoms with Crippen LogP contribution in [0.2, 0.25) is 0 Å². The number of nitrogens with two attached hydrogens (primary N) is 1. The van der Waals surface area contributed by atoms with Crippen molar-refractivity contribution in [1.29, 1.82) is 0 Å². The lowest BCUT2D eigenvalue weighted by molar-refractivity contribution is -0.143. The van der Waals surface area contributed by atoms with Crippen LogP contribution in [0.3, 0.4) is 0 Å². The fourth-order valence-electron chi connectivity index (χ4n) is 2.11. The van der Waals surface area contributed by atoms with E-state index in [0.717, 1.165) is 13.2 Å². The molecular weight excluding hydrogens is 158 g/mol. The highest BCUT2D eigenvalue weighted by Gasteiger charge is 2.58. The van der Waals surface area contributed by atoms with Crippen LogP contribution in [-0.2, 0) is 14.3 Å². The number of esters is 1. The van der Waals surface area contributed by atoms with Crippen LogP contribution in [-0.4, -0.2) is 32.3 Å². The molecule has 68 valence electrons. The van der Waals surface area contributed by atoms with Gasteiger partial charge in [0.05, 0.1) is 20.3 Å². The monoisotopic (exact) mass is 171 g/mol. The van der Waals surface area contributed by atoms with Gasteiger partial charge in [0, 0.05) is 0 Å². The molecule has 0 aromatic rings. The van der Waals surface area contributed by atoms with E-state index >= 15 is 0 Å². The highest BCUT2D eigenvalue weighted by atomic mass is 16.5. The molecule has 2 aliphatic rings. The van der Waals surface area contributed by atoms with E-state index in [1.165, 1.54) is 7.11 Å². The number of carbonyl (C=O) groups is 1. The molecule has 2 fully saturated rings. The average Bonchev–Trinajstić information content (AvgIpc) is 2.56. The zero-order chi connectivity index (χ0) is 8.72. The summed E-state index contributed by atoms with van der Waals surface area (Å²) < 4.78 is 9.77. The van der Waals surface area contributed by atoms with Crippen molar-refractivity contribution in [2.45, 2.75) is 6.04 Å². The number of methoxy groups -OCH3 is 1. The molecule has 12 heavy (non-hydrogen) atoms. The summed E-state index contributed by atoms with van der Waals surface area (Å²) in [5.74, 6) is 1.04. The van der Waals surface area contributed by atoms with Gasteiger partial charge in [0.2, 0.25) is 0 Å². The molecule has 1 saturated carbocycles. The van der Waals surface area contributed by atoms with Gasteiger partial charge in [-0.25, -0.2) is 0 Å². The van der Waals surface area contributed by atoms with Crippen molar-refractivity contribution in [3.8, 4) is 0 Å². The molecule has 0 aromatic heterocycles. The molecule has 1 aliphatic carbocycles. The summed E-state index contributed by atoms with van der Waals surface area (Å²) >= 11 is 0. The molecule has 0 radical (unpaired) electrons. The maximum atomic E-state index is 11.0. The van der Waals surface area contributed by atoms with Crippen LogP contribution < -0.4 is 5.73 Å². The maximum Gasteiger partial charge on any atom is 0.322 e. The molecule has 1 saturated heterocycles. The molecule has 4 nitrogen and oxygen atoms in total. The molecule has 3 atom stereocenters. The number of carbonyl (C=O) groups excluding carboxylic acids is 1. The first-order chi connectivity index (χ1) is 5.75. The fraction of sp³-hybridized carbons (Fsp3) is 0.875. The van der Waals surface area contributed by atoms with E-state index in [-0.39, 0.29) is 5.97 Å². The normalized spacial score (nSPS) is 40.3. The first-order valence-corrected chi connectivity index (χ1v) is 4.17. The Hall–Kier alpha value is -0.610. The SMILES string of the molecule is COC(=O)C(N)C1C2COCC21. The van der Waals surface area contributed by atoms with E-state index in [4.69, 9.17) is 10.5 Å². The van der Waals surface area contributed by atoms with Crippen LogP contribution in [0, 0.1) is 17.8 Å². The minimum atomic E-state index is -0.436. The van der Waals surface area contributed by atoms with E-state index in [0.29, 0.717) is 17.8 Å². The average molecular weight is 171 g/mol. The summed E-state index contributed by atoms with van der Waals surface area (Å²) in [6.07, 6.45) is 0. The Labute approximate surface area is 71.0 Å². The number of ether oxygens (including phenoxy) is 2. The van der Waals surface area contributed by atoms with Crippen molar-refractivity contribution in [1.82, 2.24) is 0 Å². The molecule has 1 heterocycles. The Morgan fingerprint density at radius 1 is 1.58 bits per heavy atom. The van der Waals surface area contributed by atoms with Crippen molar-refractivity contribution in [3.05, 3.63) is 0 Å². The lowest BCUT2D eigenvalue weighted by atomic mass is 10.1. The van der Waals surface area contributed by atoms with E-state index in [1.54, 1.807) is 0 Å². The molecule has 2 rings (SSSR count). The van der Waals surface area contributed by atoms with Gasteiger partial charge in [0.25, 0.3) is 0 Å². The quantitative estimate of drug-likeness (QED) is 0.562. The third kappa shape index (κ3) is 1.03. The van der Waals surface area contributed by atoms with Gasteiger partial charge in [-0.3, -0.25) is 4.79 Å². The standard InChI is InChI=1S/C8H13NO3/c1-11-8(10)7(9)6-4-2-12-3-5(4)6/h4-7H,2-3,9H2,1H3. The Morgan fingerprint density at radius 2 is 2.17 bits per heavy atom. The second kappa shape index (κ2) is 2.71. The molecule has 1 aliphatic heterocycles. The van der Waals surface area contributed by atoms with Gasteiger partial charge in [-0.1, -0.05) is 0 Å². The smallest absolute Gasteiger partial charge is 0.322 e. The Bertz CT molecular complexity index is 196. The number of hydrogen-bond acceptors (Lipinski definition) is 4. The van der Waals surface area contributed by atoms with Crippen molar-refractivity contribution in [3.63, 3.8) is 0 Å². The highest BCUT2D eigenvalue weighted by molar-refractivity contribution is 5.76. The van der Waals surface area contributed by atoms with Crippen molar-refractivity contribution in [2.24, 2.45) is 23.5 Å². The van der Waals surface area contributed by atoms with Crippen LogP contribution >= 0.6 is 0 Å². The molecule has 3 unspecified atom stereocenters. The molecular formula is C8H13NO3. The molecule has 2 N–H and O–H groups in total. The van der Waals surface area contributed by atoms with Gasteiger partial charge in [0.1, 0.15) is 6.04 Å². The van der Waals surface area contributed by atoms with Crippen LogP contribution in [0.1, 0.15) is 0 Å². The van der Waals surface area contributed by atoms with E-state index in [9.17, 15) is 4.79 Å². The van der Waals surface area contributed by atoms with Crippen LogP contribution in [0.4, 0.5) is 0 Å². The predicted octanol–water partition coefficient (Wildman–Crippen LogP) is -0.621. The van der Waals surface area contributed by atoms with E-state index < -0.39 is 6.04 Å². The molecule has 0 spiro atoms. The van der Waals surface area contributed by atoms with Crippen molar-refractivity contribution in [2.75, 3.05) is 20.3 Å². The Morgan fingerprint density at radius 3 is 2.67 bits per heavy atom. The summed E-state index contributed by atoms with van der Waals surface area (Å²) in [4.78, 5) is 11.0. The van der Waals surface area contributed by atoms with Gasteiger partial charge in [-0.2, -0.15) is 0 Å². The lowest BCUT2D eigenvalue weighted by Crippen LogP contribution is -2.35. The number of hydrogen-bond donors (Lipinski definition) is 1. The van der Waals surface area contributed by atoms with E-state index in [1.807, 2.05) is 0 Å². The van der Waals surface area contributed by atoms with Crippen LogP contribution in [0.25, 0.3) is 0 Å². The largest absolute Gasteiger partial charge is 0.468 e. The van der Waals surface area contributed by atoms with Gasteiger partial charge < -0.3 is 15.2 Å². The van der Waals surface area contributed by atoms with Gasteiger partial charge in [-0.05, 0) is 17.8 Å². The third-order valence-electron chi connectivity index (χ3n) is 2.91. The van der Waals surface area contributed by atoms with Crippen molar-refractivity contribution >= 4 is 5.97 Å². The summed E-state index contributed by atoms with van der Waals surface area (Å²) in [6.45, 7) is 1.53. The minimum Gasteiger partial charge on any atom is -0.468 e. The summed E-state index contributed by atoms with van der Waals surface area (Å²) in [7, 11) is 1.37. The van der Waals surface area contributed by atoms with Crippen LogP contribution in [0.5, 0.6) is 0 Å². The van der Waals surface area contributed by atoms with Crippen LogP contribution in [0.15, 0.2) is 0 Å². The maximum absolute atomic E-state index is 11.0. The summed E-state index contributed by atoms with van der Waals surface area (Å²) in [5.41, 5.74) is 5.69. The third-order valence-corrected chi connectivity index (χ3v) is 2.91. The molecule has 4 heteroatoms.